The third-order valence-electron chi connectivity index (χ3n) is 4.12. The zero-order valence-corrected chi connectivity index (χ0v) is 15.8. The van der Waals surface area contributed by atoms with Crippen LogP contribution in [0, 0.1) is 0 Å². The molecule has 0 atom stereocenters. The first-order chi connectivity index (χ1) is 12.6. The molecule has 2 heterocycles. The molecule has 0 spiro atoms. The molecule has 1 aromatic carbocycles. The second-order valence-electron chi connectivity index (χ2n) is 6.11. The number of aromatic nitrogens is 3. The van der Waals surface area contributed by atoms with E-state index in [0.717, 1.165) is 23.1 Å². The lowest BCUT2D eigenvalue weighted by Crippen LogP contribution is -2.23. The van der Waals surface area contributed by atoms with Crippen LogP contribution < -0.4 is 5.32 Å². The van der Waals surface area contributed by atoms with Crippen molar-refractivity contribution >= 4 is 17.7 Å². The molecule has 1 N–H and O–H groups in total. The molecule has 3 rings (SSSR count). The van der Waals surface area contributed by atoms with E-state index in [4.69, 9.17) is 0 Å². The van der Waals surface area contributed by atoms with Crippen LogP contribution in [0.25, 0.3) is 11.1 Å². The number of hydrogen-bond acceptors (Lipinski definition) is 4. The topological polar surface area (TPSA) is 59.8 Å². The van der Waals surface area contributed by atoms with Crippen LogP contribution in [-0.4, -0.2) is 26.9 Å². The molecular formula is C20H22N4OS. The van der Waals surface area contributed by atoms with Crippen LogP contribution in [0.1, 0.15) is 17.5 Å². The highest BCUT2D eigenvalue weighted by atomic mass is 32.2. The minimum atomic E-state index is 0.0470. The molecule has 0 fully saturated rings. The fourth-order valence-corrected chi connectivity index (χ4v) is 3.06. The Labute approximate surface area is 157 Å². The molecule has 134 valence electrons. The number of nitrogens with one attached hydrogen (secondary N) is 1. The molecule has 0 bridgehead atoms. The fraction of sp³-hybridized carbons (Fsp3) is 0.250. The van der Waals surface area contributed by atoms with Crippen LogP contribution in [0.15, 0.2) is 60.0 Å². The highest BCUT2D eigenvalue weighted by Gasteiger charge is 2.05. The number of benzene rings is 1. The molecule has 0 aliphatic carbocycles. The van der Waals surface area contributed by atoms with E-state index in [9.17, 15) is 4.79 Å². The van der Waals surface area contributed by atoms with E-state index in [1.54, 1.807) is 28.8 Å². The summed E-state index contributed by atoms with van der Waals surface area (Å²) < 4.78 is 1.76. The molecule has 26 heavy (non-hydrogen) atoms. The quantitative estimate of drug-likeness (QED) is 0.651. The predicted octanol–water partition coefficient (Wildman–Crippen LogP) is 3.45. The Kier molecular flexibility index (Phi) is 6.07. The van der Waals surface area contributed by atoms with E-state index in [2.05, 4.69) is 45.9 Å². The van der Waals surface area contributed by atoms with Gasteiger partial charge in [-0.15, -0.1) is 11.8 Å². The van der Waals surface area contributed by atoms with Crippen molar-refractivity contribution in [1.82, 2.24) is 20.1 Å². The number of thioether (sulfide) groups is 1. The maximum atomic E-state index is 12.1. The van der Waals surface area contributed by atoms with Gasteiger partial charge in [0.2, 0.25) is 5.91 Å². The molecule has 6 heteroatoms. The fourth-order valence-electron chi connectivity index (χ4n) is 2.65. The summed E-state index contributed by atoms with van der Waals surface area (Å²) in [7, 11) is 1.88. The Morgan fingerprint density at radius 2 is 1.92 bits per heavy atom. The molecule has 0 unspecified atom stereocenters. The zero-order chi connectivity index (χ0) is 18.4. The average molecular weight is 366 g/mol. The van der Waals surface area contributed by atoms with Gasteiger partial charge in [0.25, 0.3) is 0 Å². The van der Waals surface area contributed by atoms with E-state index in [-0.39, 0.29) is 5.91 Å². The van der Waals surface area contributed by atoms with Crippen molar-refractivity contribution in [1.29, 1.82) is 0 Å². The van der Waals surface area contributed by atoms with Crippen LogP contribution in [0.4, 0.5) is 0 Å². The molecule has 0 saturated carbocycles. The first-order valence-electron chi connectivity index (χ1n) is 8.46. The number of rotatable bonds is 7. The Morgan fingerprint density at radius 3 is 2.62 bits per heavy atom. The number of nitrogens with zero attached hydrogens (tertiary/aromatic N) is 3. The summed E-state index contributed by atoms with van der Waals surface area (Å²) in [5, 5.41) is 7.15. The lowest BCUT2D eigenvalue weighted by Gasteiger charge is -2.07. The van der Waals surface area contributed by atoms with Crippen LogP contribution in [-0.2, 0) is 24.8 Å². The molecule has 5 nitrogen and oxygen atoms in total. The van der Waals surface area contributed by atoms with Gasteiger partial charge in [0, 0.05) is 54.6 Å². The zero-order valence-electron chi connectivity index (χ0n) is 15.0. The van der Waals surface area contributed by atoms with Crippen LogP contribution in [0.2, 0.25) is 0 Å². The Hall–Kier alpha value is -2.60. The van der Waals surface area contributed by atoms with Crippen LogP contribution in [0.5, 0.6) is 0 Å². The predicted molar refractivity (Wildman–Crippen MR) is 105 cm³/mol. The normalized spacial score (nSPS) is 10.7. The third-order valence-corrected chi connectivity index (χ3v) is 4.87. The summed E-state index contributed by atoms with van der Waals surface area (Å²) in [4.78, 5) is 17.6. The largest absolute Gasteiger partial charge is 0.352 e. The molecule has 0 aliphatic heterocycles. The molecule has 3 aromatic rings. The molecule has 2 aromatic heterocycles. The minimum Gasteiger partial charge on any atom is -0.352 e. The highest BCUT2D eigenvalue weighted by molar-refractivity contribution is 7.98. The lowest BCUT2D eigenvalue weighted by atomic mass is 10.1. The number of hydrogen-bond donors (Lipinski definition) is 1. The van der Waals surface area contributed by atoms with E-state index in [1.165, 1.54) is 10.5 Å². The van der Waals surface area contributed by atoms with Crippen molar-refractivity contribution in [3.8, 4) is 11.1 Å². The summed E-state index contributed by atoms with van der Waals surface area (Å²) in [6.45, 7) is 0.478. The third kappa shape index (κ3) is 4.95. The second-order valence-corrected chi connectivity index (χ2v) is 6.99. The average Bonchev–Trinajstić information content (AvgIpc) is 3.12. The summed E-state index contributed by atoms with van der Waals surface area (Å²) in [6.07, 6.45) is 10.6. The van der Waals surface area contributed by atoms with Gasteiger partial charge in [-0.2, -0.15) is 5.10 Å². The first-order valence-corrected chi connectivity index (χ1v) is 9.69. The van der Waals surface area contributed by atoms with Gasteiger partial charge >= 0.3 is 0 Å². The molecule has 0 saturated heterocycles. The molecular weight excluding hydrogens is 344 g/mol. The van der Waals surface area contributed by atoms with E-state index < -0.39 is 0 Å². The summed E-state index contributed by atoms with van der Waals surface area (Å²) >= 11 is 1.72. The Morgan fingerprint density at radius 1 is 1.12 bits per heavy atom. The van der Waals surface area contributed by atoms with Crippen molar-refractivity contribution in [3.63, 3.8) is 0 Å². The Balaban J connectivity index is 1.51. The Bertz CT molecular complexity index is 874. The van der Waals surface area contributed by atoms with Crippen molar-refractivity contribution in [2.45, 2.75) is 24.3 Å². The number of pyridine rings is 1. The van der Waals surface area contributed by atoms with E-state index in [0.29, 0.717) is 13.0 Å². The van der Waals surface area contributed by atoms with Gasteiger partial charge in [0.15, 0.2) is 0 Å². The van der Waals surface area contributed by atoms with Gasteiger partial charge in [-0.05, 0) is 42.0 Å². The van der Waals surface area contributed by atoms with Gasteiger partial charge in [-0.1, -0.05) is 12.1 Å². The molecule has 0 aliphatic rings. The highest BCUT2D eigenvalue weighted by Crippen LogP contribution is 2.18. The maximum Gasteiger partial charge on any atom is 0.220 e. The lowest BCUT2D eigenvalue weighted by molar-refractivity contribution is -0.121. The van der Waals surface area contributed by atoms with Crippen molar-refractivity contribution in [3.05, 3.63) is 66.2 Å². The standard InChI is InChI=1S/C20H22N4OS/c1-24-14-18(13-23-24)17-9-16(10-21-12-17)11-22-20(25)8-5-15-3-6-19(26-2)7-4-15/h3-4,6-7,9-10,12-14H,5,8,11H2,1-2H3,(H,22,25). The number of amides is 1. The van der Waals surface area contributed by atoms with Gasteiger partial charge in [0.05, 0.1) is 6.20 Å². The van der Waals surface area contributed by atoms with Crippen molar-refractivity contribution < 1.29 is 4.79 Å². The van der Waals surface area contributed by atoms with Crippen LogP contribution in [0.3, 0.4) is 0 Å². The van der Waals surface area contributed by atoms with Crippen molar-refractivity contribution in [2.75, 3.05) is 6.26 Å². The molecule has 1 amide bonds. The summed E-state index contributed by atoms with van der Waals surface area (Å²) in [5.41, 5.74) is 4.17. The van der Waals surface area contributed by atoms with Gasteiger partial charge in [-0.25, -0.2) is 0 Å². The number of carbonyl (C=O) groups excluding carboxylic acids is 1. The monoisotopic (exact) mass is 366 g/mol. The smallest absolute Gasteiger partial charge is 0.220 e. The SMILES string of the molecule is CSc1ccc(CCC(=O)NCc2cncc(-c3cnn(C)c3)c2)cc1. The van der Waals surface area contributed by atoms with E-state index in [1.807, 2.05) is 25.5 Å². The summed E-state index contributed by atoms with van der Waals surface area (Å²) in [5.74, 6) is 0.0470. The van der Waals surface area contributed by atoms with Crippen LogP contribution >= 0.6 is 11.8 Å². The summed E-state index contributed by atoms with van der Waals surface area (Å²) in [6, 6.07) is 10.4. The number of carbonyl (C=O) groups is 1. The van der Waals surface area contributed by atoms with E-state index >= 15 is 0 Å². The second kappa shape index (κ2) is 8.67. The number of aryl methyl sites for hydroxylation is 2. The maximum absolute atomic E-state index is 12.1. The molecule has 0 radical (unpaired) electrons. The minimum absolute atomic E-state index is 0.0470. The van der Waals surface area contributed by atoms with Gasteiger partial charge in [0.1, 0.15) is 0 Å². The van der Waals surface area contributed by atoms with Gasteiger partial charge < -0.3 is 5.32 Å². The first kappa shape index (κ1) is 18.2. The van der Waals surface area contributed by atoms with Crippen molar-refractivity contribution in [2.24, 2.45) is 7.05 Å². The van der Waals surface area contributed by atoms with Gasteiger partial charge in [-0.3, -0.25) is 14.5 Å².